The monoisotopic (exact) mass is 384 g/mol. The summed E-state index contributed by atoms with van der Waals surface area (Å²) in [6.07, 6.45) is -17.2. The molecule has 1 aliphatic heterocycles. The van der Waals surface area contributed by atoms with Crippen LogP contribution >= 0.6 is 0 Å². The highest BCUT2D eigenvalue weighted by Gasteiger charge is 2.60. The number of nitrogens with zero attached hydrogens (tertiary/aromatic N) is 2. The predicted octanol–water partition coefficient (Wildman–Crippen LogP) is -1.13. The van der Waals surface area contributed by atoms with Crippen molar-refractivity contribution >= 4 is 37.5 Å². The van der Waals surface area contributed by atoms with E-state index in [2.05, 4.69) is 9.64 Å². The van der Waals surface area contributed by atoms with Gasteiger partial charge < -0.3 is 14.5 Å². The predicted molar refractivity (Wildman–Crippen MR) is 95.1 cm³/mol. The Kier molecular flexibility index (Phi) is 6.43. The Morgan fingerprint density at radius 1 is 0.846 bits per heavy atom. The van der Waals surface area contributed by atoms with Crippen LogP contribution in [0, 0.1) is 0 Å². The van der Waals surface area contributed by atoms with E-state index in [0.717, 1.165) is 4.90 Å². The second kappa shape index (κ2) is 7.24. The fraction of sp³-hybridized carbons (Fsp3) is 0.917. The standard InChI is InChI=1S/C12H22B4F6N2O2/c1-10(2,3)24-6(15)4(13)23(5(14)7(24)16)9(25)26-8(11(17,18)19)12(20,21)22/h4-8H,13-16H2,1-3H3. The van der Waals surface area contributed by atoms with Crippen LogP contribution in [0.5, 0.6) is 0 Å². The smallest absolute Gasteiger partial charge is 0.426 e. The summed E-state index contributed by atoms with van der Waals surface area (Å²) < 4.78 is 80.0. The van der Waals surface area contributed by atoms with Gasteiger partial charge in [0, 0.05) is 17.4 Å². The Morgan fingerprint density at radius 3 is 1.46 bits per heavy atom. The summed E-state index contributed by atoms with van der Waals surface area (Å²) >= 11 is 0. The van der Waals surface area contributed by atoms with Crippen LogP contribution in [0.4, 0.5) is 31.1 Å². The fourth-order valence-electron chi connectivity index (χ4n) is 3.71. The lowest BCUT2D eigenvalue weighted by Gasteiger charge is -2.57. The van der Waals surface area contributed by atoms with E-state index in [-0.39, 0.29) is 17.4 Å². The molecule has 0 aliphatic carbocycles. The van der Waals surface area contributed by atoms with Gasteiger partial charge in [-0.3, -0.25) is 0 Å². The van der Waals surface area contributed by atoms with Crippen LogP contribution in [-0.2, 0) is 4.74 Å². The minimum absolute atomic E-state index is 0.288. The largest absolute Gasteiger partial charge is 0.434 e. The van der Waals surface area contributed by atoms with E-state index in [9.17, 15) is 31.1 Å². The van der Waals surface area contributed by atoms with Gasteiger partial charge >= 0.3 is 18.4 Å². The van der Waals surface area contributed by atoms with Crippen LogP contribution in [-0.4, -0.2) is 95.0 Å². The molecule has 1 rings (SSSR count). The average Bonchev–Trinajstić information content (AvgIpc) is 2.39. The number of halogens is 6. The Labute approximate surface area is 152 Å². The maximum atomic E-state index is 12.7. The molecule has 0 N–H and O–H groups in total. The molecule has 1 aliphatic rings. The number of ether oxygens (including phenoxy) is 1. The Bertz CT molecular complexity index is 497. The number of piperazine rings is 1. The van der Waals surface area contributed by atoms with Crippen LogP contribution in [0.1, 0.15) is 20.8 Å². The molecule has 0 bridgehead atoms. The van der Waals surface area contributed by atoms with Crippen molar-refractivity contribution in [1.29, 1.82) is 0 Å². The molecule has 4 nitrogen and oxygen atoms in total. The molecule has 0 saturated carbocycles. The molecular formula is C12H22B4F6N2O2. The first-order chi connectivity index (χ1) is 11.4. The summed E-state index contributed by atoms with van der Waals surface area (Å²) in [5.74, 6) is -1.84. The van der Waals surface area contributed by atoms with Gasteiger partial charge in [0.15, 0.2) is 0 Å². The first-order valence-electron chi connectivity index (χ1n) is 8.31. The number of carbonyl (C=O) groups excluding carboxylic acids is 1. The van der Waals surface area contributed by atoms with E-state index >= 15 is 0 Å². The molecule has 0 radical (unpaired) electrons. The minimum Gasteiger partial charge on any atom is -0.426 e. The van der Waals surface area contributed by atoms with E-state index in [1.807, 2.05) is 20.8 Å². The van der Waals surface area contributed by atoms with Gasteiger partial charge in [-0.2, -0.15) is 26.3 Å². The average molecular weight is 384 g/mol. The summed E-state index contributed by atoms with van der Waals surface area (Å²) in [5.41, 5.74) is -0.294. The molecule has 1 amide bonds. The third kappa shape index (κ3) is 4.67. The van der Waals surface area contributed by atoms with Crippen LogP contribution in [0.3, 0.4) is 0 Å². The van der Waals surface area contributed by atoms with Crippen molar-refractivity contribution in [3.63, 3.8) is 0 Å². The minimum atomic E-state index is -5.73. The highest BCUT2D eigenvalue weighted by molar-refractivity contribution is 6.27. The van der Waals surface area contributed by atoms with E-state index in [4.69, 9.17) is 0 Å². The van der Waals surface area contributed by atoms with Crippen molar-refractivity contribution in [3.8, 4) is 0 Å². The molecule has 14 heteroatoms. The van der Waals surface area contributed by atoms with E-state index in [0.29, 0.717) is 0 Å². The molecule has 0 aromatic rings. The van der Waals surface area contributed by atoms with Gasteiger partial charge in [0.25, 0.3) is 6.10 Å². The number of rotatable bonds is 1. The number of amides is 1. The zero-order valence-electron chi connectivity index (χ0n) is 15.9. The molecular weight excluding hydrogens is 361 g/mol. The van der Waals surface area contributed by atoms with E-state index in [1.165, 1.54) is 0 Å². The Balaban J connectivity index is 3.13. The highest BCUT2D eigenvalue weighted by atomic mass is 19.4. The van der Waals surface area contributed by atoms with Gasteiger partial charge in [-0.15, -0.1) is 0 Å². The molecule has 1 fully saturated rings. The van der Waals surface area contributed by atoms with Gasteiger partial charge in [0.2, 0.25) is 0 Å². The molecule has 0 spiro atoms. The summed E-state index contributed by atoms with van der Waals surface area (Å²) in [7, 11) is 6.74. The lowest BCUT2D eigenvalue weighted by molar-refractivity contribution is -0.308. The lowest BCUT2D eigenvalue weighted by atomic mass is 9.63. The quantitative estimate of drug-likeness (QED) is 0.424. The van der Waals surface area contributed by atoms with Crippen LogP contribution in [0.2, 0.25) is 0 Å². The molecule has 146 valence electrons. The molecule has 0 aromatic heterocycles. The first-order valence-corrected chi connectivity index (χ1v) is 8.31. The molecule has 26 heavy (non-hydrogen) atoms. The third-order valence-corrected chi connectivity index (χ3v) is 4.95. The normalized spacial score (nSPS) is 29.1. The molecule has 4 unspecified atom stereocenters. The first kappa shape index (κ1) is 23.1. The topological polar surface area (TPSA) is 32.8 Å². The van der Waals surface area contributed by atoms with Crippen molar-refractivity contribution in [2.24, 2.45) is 0 Å². The van der Waals surface area contributed by atoms with Crippen molar-refractivity contribution < 1.29 is 35.9 Å². The summed E-state index contributed by atoms with van der Waals surface area (Å²) in [6.45, 7) is 5.87. The van der Waals surface area contributed by atoms with Crippen molar-refractivity contribution in [3.05, 3.63) is 0 Å². The maximum absolute atomic E-state index is 12.7. The summed E-state index contributed by atoms with van der Waals surface area (Å²) in [4.78, 5) is 15.3. The van der Waals surface area contributed by atoms with Crippen molar-refractivity contribution in [2.75, 3.05) is 0 Å². The lowest BCUT2D eigenvalue weighted by Crippen LogP contribution is -2.74. The molecule has 1 saturated heterocycles. The van der Waals surface area contributed by atoms with Crippen LogP contribution in [0.25, 0.3) is 0 Å². The fourth-order valence-corrected chi connectivity index (χ4v) is 3.71. The van der Waals surface area contributed by atoms with Gasteiger partial charge in [-0.25, -0.2) is 4.79 Å². The van der Waals surface area contributed by atoms with E-state index in [1.54, 1.807) is 31.4 Å². The third-order valence-electron chi connectivity index (χ3n) is 4.95. The number of hydrogen-bond donors (Lipinski definition) is 0. The van der Waals surface area contributed by atoms with Crippen molar-refractivity contribution in [1.82, 2.24) is 9.80 Å². The van der Waals surface area contributed by atoms with Crippen molar-refractivity contribution in [2.45, 2.75) is 68.5 Å². The second-order valence-corrected chi connectivity index (χ2v) is 7.79. The molecule has 4 atom stereocenters. The highest BCUT2D eigenvalue weighted by Crippen LogP contribution is 2.37. The molecule has 1 heterocycles. The number of alkyl halides is 6. The van der Waals surface area contributed by atoms with Gasteiger partial charge in [0.05, 0.1) is 0 Å². The Hall–Kier alpha value is -0.930. The van der Waals surface area contributed by atoms with Gasteiger partial charge in [-0.05, 0) is 32.7 Å². The SMILES string of the molecule is BC1C(B)N(C(C)(C)C)C(B)C(B)N1C(=O)OC(C(F)(F)F)C(F)(F)F. The summed E-state index contributed by atoms with van der Waals surface area (Å²) in [5, 5.41) is 0. The van der Waals surface area contributed by atoms with Crippen LogP contribution in [0.15, 0.2) is 0 Å². The Morgan fingerprint density at radius 2 is 1.19 bits per heavy atom. The van der Waals surface area contributed by atoms with Crippen LogP contribution < -0.4 is 0 Å². The summed E-state index contributed by atoms with van der Waals surface area (Å²) in [6, 6.07) is 0. The second-order valence-electron chi connectivity index (χ2n) is 7.79. The maximum Gasteiger partial charge on any atom is 0.434 e. The molecule has 0 aromatic carbocycles. The number of hydrogen-bond acceptors (Lipinski definition) is 3. The van der Waals surface area contributed by atoms with Gasteiger partial charge in [0.1, 0.15) is 31.4 Å². The van der Waals surface area contributed by atoms with E-state index < -0.39 is 36.4 Å². The number of carbonyl (C=O) groups is 1. The zero-order chi connectivity index (χ0) is 20.8. The van der Waals surface area contributed by atoms with Gasteiger partial charge in [-0.1, -0.05) is 0 Å². The zero-order valence-corrected chi connectivity index (χ0v) is 15.9.